The van der Waals surface area contributed by atoms with Crippen molar-refractivity contribution in [3.63, 3.8) is 0 Å². The van der Waals surface area contributed by atoms with E-state index in [4.69, 9.17) is 4.74 Å². The highest BCUT2D eigenvalue weighted by molar-refractivity contribution is 6.06. The van der Waals surface area contributed by atoms with Gasteiger partial charge in [0, 0.05) is 30.7 Å². The Bertz CT molecular complexity index is 975. The zero-order chi connectivity index (χ0) is 18.8. The molecule has 1 aromatic heterocycles. The molecule has 2 aromatic carbocycles. The van der Waals surface area contributed by atoms with Gasteiger partial charge in [-0.1, -0.05) is 18.2 Å². The molecule has 0 spiro atoms. The lowest BCUT2D eigenvalue weighted by atomic mass is 10.1. The Kier molecular flexibility index (Phi) is 4.38. The number of nitrogens with one attached hydrogen (secondary N) is 2. The molecule has 136 valence electrons. The smallest absolute Gasteiger partial charge is 0.259 e. The molecule has 1 atom stereocenters. The van der Waals surface area contributed by atoms with Crippen molar-refractivity contribution in [2.75, 3.05) is 29.7 Å². The molecule has 6 nitrogen and oxygen atoms in total. The van der Waals surface area contributed by atoms with Gasteiger partial charge in [0.25, 0.3) is 5.91 Å². The van der Waals surface area contributed by atoms with Gasteiger partial charge >= 0.3 is 0 Å². The van der Waals surface area contributed by atoms with E-state index in [-0.39, 0.29) is 12.1 Å². The van der Waals surface area contributed by atoms with E-state index >= 15 is 0 Å². The van der Waals surface area contributed by atoms with E-state index in [1.165, 1.54) is 0 Å². The summed E-state index contributed by atoms with van der Waals surface area (Å²) in [5.41, 5.74) is 4.33. The maximum atomic E-state index is 12.6. The fraction of sp³-hybridized carbons (Fsp3) is 0.143. The van der Waals surface area contributed by atoms with Crippen LogP contribution in [0.5, 0.6) is 5.75 Å². The summed E-state index contributed by atoms with van der Waals surface area (Å²) in [6.07, 6.45) is 3.62. The van der Waals surface area contributed by atoms with Crippen LogP contribution in [0.25, 0.3) is 0 Å². The molecule has 0 radical (unpaired) electrons. The summed E-state index contributed by atoms with van der Waals surface area (Å²) in [4.78, 5) is 19.0. The van der Waals surface area contributed by atoms with Crippen molar-refractivity contribution in [1.82, 2.24) is 4.98 Å². The Morgan fingerprint density at radius 2 is 2.04 bits per heavy atom. The van der Waals surface area contributed by atoms with Gasteiger partial charge in [-0.25, -0.2) is 0 Å². The fourth-order valence-electron chi connectivity index (χ4n) is 3.30. The summed E-state index contributed by atoms with van der Waals surface area (Å²) >= 11 is 0. The number of rotatable bonds is 4. The Hall–Kier alpha value is -3.54. The summed E-state index contributed by atoms with van der Waals surface area (Å²) in [6, 6.07) is 17.0. The normalized spacial score (nSPS) is 15.0. The second-order valence-corrected chi connectivity index (χ2v) is 6.33. The number of hydrogen-bond donors (Lipinski definition) is 2. The number of benzene rings is 2. The first kappa shape index (κ1) is 16.9. The van der Waals surface area contributed by atoms with Gasteiger partial charge < -0.3 is 20.3 Å². The monoisotopic (exact) mass is 360 g/mol. The number of ether oxygens (including phenoxy) is 1. The van der Waals surface area contributed by atoms with Crippen LogP contribution in [0.1, 0.15) is 22.1 Å². The van der Waals surface area contributed by atoms with Crippen molar-refractivity contribution in [2.45, 2.75) is 6.17 Å². The van der Waals surface area contributed by atoms with E-state index in [0.29, 0.717) is 11.3 Å². The fourth-order valence-corrected chi connectivity index (χ4v) is 3.30. The van der Waals surface area contributed by atoms with Crippen molar-refractivity contribution < 1.29 is 9.53 Å². The minimum Gasteiger partial charge on any atom is -0.496 e. The molecule has 4 rings (SSSR count). The summed E-state index contributed by atoms with van der Waals surface area (Å²) in [6.45, 7) is 0. The molecule has 1 amide bonds. The summed E-state index contributed by atoms with van der Waals surface area (Å²) in [7, 11) is 3.59. The van der Waals surface area contributed by atoms with E-state index in [0.717, 1.165) is 22.6 Å². The van der Waals surface area contributed by atoms with Gasteiger partial charge in [-0.05, 0) is 36.4 Å². The predicted molar refractivity (Wildman–Crippen MR) is 106 cm³/mol. The summed E-state index contributed by atoms with van der Waals surface area (Å²) in [5, 5.41) is 6.43. The SMILES string of the molecule is COc1ccccc1C(=O)Nc1ccc2c(c1)NC(c1cccnc1)N2C. The highest BCUT2D eigenvalue weighted by atomic mass is 16.5. The number of carbonyl (C=O) groups excluding carboxylic acids is 1. The zero-order valence-electron chi connectivity index (χ0n) is 15.1. The number of methoxy groups -OCH3 is 1. The maximum Gasteiger partial charge on any atom is 0.259 e. The van der Waals surface area contributed by atoms with Gasteiger partial charge in [0.05, 0.1) is 24.0 Å². The van der Waals surface area contributed by atoms with Gasteiger partial charge in [-0.15, -0.1) is 0 Å². The minimum atomic E-state index is -0.206. The molecule has 0 saturated carbocycles. The number of anilines is 3. The first-order valence-corrected chi connectivity index (χ1v) is 8.65. The number of fused-ring (bicyclic) bond motifs is 1. The lowest BCUT2D eigenvalue weighted by Crippen LogP contribution is -2.23. The Labute approximate surface area is 157 Å². The van der Waals surface area contributed by atoms with Gasteiger partial charge in [0.15, 0.2) is 0 Å². The van der Waals surface area contributed by atoms with Gasteiger partial charge in [-0.3, -0.25) is 9.78 Å². The van der Waals surface area contributed by atoms with Crippen LogP contribution in [0.3, 0.4) is 0 Å². The average molecular weight is 360 g/mol. The van der Waals surface area contributed by atoms with Crippen LogP contribution in [0.4, 0.5) is 17.1 Å². The molecule has 1 unspecified atom stereocenters. The van der Waals surface area contributed by atoms with Gasteiger partial charge in [0.2, 0.25) is 0 Å². The van der Waals surface area contributed by atoms with Crippen LogP contribution in [0.15, 0.2) is 67.0 Å². The first-order valence-electron chi connectivity index (χ1n) is 8.65. The minimum absolute atomic E-state index is 0.00821. The molecule has 2 N–H and O–H groups in total. The molecule has 0 fully saturated rings. The van der Waals surface area contributed by atoms with Crippen molar-refractivity contribution in [3.05, 3.63) is 78.1 Å². The van der Waals surface area contributed by atoms with Crippen molar-refractivity contribution in [1.29, 1.82) is 0 Å². The number of pyridine rings is 1. The number of para-hydroxylation sites is 1. The van der Waals surface area contributed by atoms with E-state index < -0.39 is 0 Å². The molecule has 3 aromatic rings. The molecule has 1 aliphatic heterocycles. The van der Waals surface area contributed by atoms with Crippen LogP contribution < -0.4 is 20.3 Å². The van der Waals surface area contributed by atoms with E-state index in [2.05, 4.69) is 20.5 Å². The third kappa shape index (κ3) is 3.17. The van der Waals surface area contributed by atoms with E-state index in [9.17, 15) is 4.79 Å². The second kappa shape index (κ2) is 6.99. The van der Waals surface area contributed by atoms with Crippen molar-refractivity contribution in [2.24, 2.45) is 0 Å². The lowest BCUT2D eigenvalue weighted by molar-refractivity contribution is 0.102. The highest BCUT2D eigenvalue weighted by Crippen LogP contribution is 2.41. The second-order valence-electron chi connectivity index (χ2n) is 6.33. The third-order valence-corrected chi connectivity index (χ3v) is 4.67. The largest absolute Gasteiger partial charge is 0.496 e. The molecule has 0 saturated heterocycles. The molecule has 6 heteroatoms. The van der Waals surface area contributed by atoms with Crippen LogP contribution in [-0.4, -0.2) is 25.0 Å². The van der Waals surface area contributed by atoms with Crippen molar-refractivity contribution >= 4 is 23.0 Å². The number of aromatic nitrogens is 1. The van der Waals surface area contributed by atoms with Crippen LogP contribution in [0, 0.1) is 0 Å². The summed E-state index contributed by atoms with van der Waals surface area (Å²) in [5.74, 6) is 0.341. The lowest BCUT2D eigenvalue weighted by Gasteiger charge is -2.21. The van der Waals surface area contributed by atoms with E-state index in [1.807, 2.05) is 55.7 Å². The average Bonchev–Trinajstić information content (AvgIpc) is 3.04. The molecular weight excluding hydrogens is 340 g/mol. The number of nitrogens with zero attached hydrogens (tertiary/aromatic N) is 2. The number of hydrogen-bond acceptors (Lipinski definition) is 5. The molecule has 2 heterocycles. The molecule has 1 aliphatic rings. The highest BCUT2D eigenvalue weighted by Gasteiger charge is 2.27. The zero-order valence-corrected chi connectivity index (χ0v) is 15.1. The van der Waals surface area contributed by atoms with Gasteiger partial charge in [-0.2, -0.15) is 0 Å². The van der Waals surface area contributed by atoms with Gasteiger partial charge in [0.1, 0.15) is 11.9 Å². The Morgan fingerprint density at radius 3 is 2.81 bits per heavy atom. The topological polar surface area (TPSA) is 66.5 Å². The number of carbonyl (C=O) groups is 1. The maximum absolute atomic E-state index is 12.6. The Balaban J connectivity index is 1.56. The van der Waals surface area contributed by atoms with Crippen molar-refractivity contribution in [3.8, 4) is 5.75 Å². The Morgan fingerprint density at radius 1 is 1.19 bits per heavy atom. The quantitative estimate of drug-likeness (QED) is 0.739. The van der Waals surface area contributed by atoms with Crippen LogP contribution in [-0.2, 0) is 0 Å². The summed E-state index contributed by atoms with van der Waals surface area (Å²) < 4.78 is 5.27. The van der Waals surface area contributed by atoms with Crippen LogP contribution >= 0.6 is 0 Å². The van der Waals surface area contributed by atoms with E-state index in [1.54, 1.807) is 25.4 Å². The first-order chi connectivity index (χ1) is 13.2. The number of amides is 1. The molecular formula is C21H20N4O2. The third-order valence-electron chi connectivity index (χ3n) is 4.67. The van der Waals surface area contributed by atoms with Crippen LogP contribution in [0.2, 0.25) is 0 Å². The molecule has 0 aliphatic carbocycles. The molecule has 27 heavy (non-hydrogen) atoms. The standard InChI is InChI=1S/C21H20N4O2/c1-25-18-10-9-15(23-21(26)16-7-3-4-8-19(16)27-2)12-17(18)24-20(25)14-6-5-11-22-13-14/h3-13,20,24H,1-2H3,(H,23,26). The predicted octanol–water partition coefficient (Wildman–Crippen LogP) is 3.90. The molecule has 0 bridgehead atoms.